The number of rotatable bonds is 8. The zero-order chi connectivity index (χ0) is 11.8. The largest absolute Gasteiger partial charge is 0.476 e. The molecular weight excluding hydrogens is 232 g/mol. The molecule has 0 aliphatic carbocycles. The highest BCUT2D eigenvalue weighted by Crippen LogP contribution is 2.08. The molecule has 6 nitrogen and oxygen atoms in total. The Kier molecular flexibility index (Phi) is 5.73. The molecule has 0 aromatic carbocycles. The standard InChI is InChI=1S/C9H14N2O4S/c12-3-1-4-16-5-2-10-9-11-7(6-15-9)8(13)14/h6,12H,1-5H2,(H,10,11)(H,13,14). The molecular formula is C9H14N2O4S. The summed E-state index contributed by atoms with van der Waals surface area (Å²) in [6.45, 7) is 0.859. The van der Waals surface area contributed by atoms with Gasteiger partial charge in [0.2, 0.25) is 0 Å². The van der Waals surface area contributed by atoms with Crippen LogP contribution in [-0.2, 0) is 0 Å². The average molecular weight is 246 g/mol. The number of aromatic nitrogens is 1. The van der Waals surface area contributed by atoms with Crippen LogP contribution in [-0.4, -0.2) is 45.8 Å². The quantitative estimate of drug-likeness (QED) is 0.586. The zero-order valence-corrected chi connectivity index (χ0v) is 9.50. The number of nitrogens with zero attached hydrogens (tertiary/aromatic N) is 1. The molecule has 1 rings (SSSR count). The third-order valence-electron chi connectivity index (χ3n) is 1.69. The Morgan fingerprint density at radius 1 is 1.56 bits per heavy atom. The van der Waals surface area contributed by atoms with Crippen molar-refractivity contribution in [2.24, 2.45) is 0 Å². The van der Waals surface area contributed by atoms with Crippen molar-refractivity contribution in [3.63, 3.8) is 0 Å². The van der Waals surface area contributed by atoms with E-state index in [0.29, 0.717) is 6.54 Å². The third-order valence-corrected chi connectivity index (χ3v) is 2.76. The smallest absolute Gasteiger partial charge is 0.357 e. The summed E-state index contributed by atoms with van der Waals surface area (Å²) >= 11 is 1.70. The monoisotopic (exact) mass is 246 g/mol. The number of thioether (sulfide) groups is 1. The highest BCUT2D eigenvalue weighted by Gasteiger charge is 2.09. The maximum absolute atomic E-state index is 10.5. The van der Waals surface area contributed by atoms with Crippen LogP contribution in [0.5, 0.6) is 0 Å². The van der Waals surface area contributed by atoms with E-state index in [9.17, 15) is 4.79 Å². The van der Waals surface area contributed by atoms with Gasteiger partial charge in [0, 0.05) is 18.9 Å². The number of nitrogens with one attached hydrogen (secondary N) is 1. The van der Waals surface area contributed by atoms with E-state index in [4.69, 9.17) is 14.6 Å². The van der Waals surface area contributed by atoms with E-state index in [1.165, 1.54) is 0 Å². The van der Waals surface area contributed by atoms with E-state index in [-0.39, 0.29) is 18.3 Å². The van der Waals surface area contributed by atoms with Crippen molar-refractivity contribution in [3.05, 3.63) is 12.0 Å². The van der Waals surface area contributed by atoms with Gasteiger partial charge < -0.3 is 19.9 Å². The summed E-state index contributed by atoms with van der Waals surface area (Å²) in [6, 6.07) is 0.222. The van der Waals surface area contributed by atoms with Gasteiger partial charge in [0.25, 0.3) is 6.01 Å². The lowest BCUT2D eigenvalue weighted by molar-refractivity contribution is 0.0690. The molecule has 0 amide bonds. The number of carboxylic acid groups (broad SMARTS) is 1. The van der Waals surface area contributed by atoms with E-state index in [0.717, 1.165) is 24.2 Å². The fourth-order valence-electron chi connectivity index (χ4n) is 0.952. The van der Waals surface area contributed by atoms with Gasteiger partial charge in [-0.25, -0.2) is 4.79 Å². The zero-order valence-electron chi connectivity index (χ0n) is 8.68. The Morgan fingerprint density at radius 3 is 3.00 bits per heavy atom. The Morgan fingerprint density at radius 2 is 2.38 bits per heavy atom. The Hall–Kier alpha value is -1.21. The van der Waals surface area contributed by atoms with Crippen molar-refractivity contribution in [2.45, 2.75) is 6.42 Å². The van der Waals surface area contributed by atoms with Gasteiger partial charge in [0.05, 0.1) is 0 Å². The first-order valence-electron chi connectivity index (χ1n) is 4.85. The molecule has 1 aromatic rings. The number of hydrogen-bond donors (Lipinski definition) is 3. The summed E-state index contributed by atoms with van der Waals surface area (Å²) in [4.78, 5) is 14.2. The minimum absolute atomic E-state index is 0.101. The fourth-order valence-corrected chi connectivity index (χ4v) is 1.74. The number of carbonyl (C=O) groups is 1. The Bertz CT molecular complexity index is 329. The lowest BCUT2D eigenvalue weighted by Gasteiger charge is -2.00. The van der Waals surface area contributed by atoms with Crippen LogP contribution in [0.2, 0.25) is 0 Å². The molecule has 0 saturated carbocycles. The number of oxazole rings is 1. The highest BCUT2D eigenvalue weighted by molar-refractivity contribution is 7.99. The van der Waals surface area contributed by atoms with E-state index in [1.54, 1.807) is 11.8 Å². The summed E-state index contributed by atoms with van der Waals surface area (Å²) in [6.07, 6.45) is 1.89. The summed E-state index contributed by atoms with van der Waals surface area (Å²) in [5, 5.41) is 20.0. The van der Waals surface area contributed by atoms with Crippen molar-refractivity contribution in [1.82, 2.24) is 4.98 Å². The molecule has 0 radical (unpaired) electrons. The second kappa shape index (κ2) is 7.13. The molecule has 0 aliphatic heterocycles. The maximum atomic E-state index is 10.5. The van der Waals surface area contributed by atoms with Crippen LogP contribution < -0.4 is 5.32 Å². The molecule has 0 unspecified atom stereocenters. The van der Waals surface area contributed by atoms with Gasteiger partial charge in [-0.1, -0.05) is 0 Å². The molecule has 0 fully saturated rings. The molecule has 1 heterocycles. The molecule has 0 atom stereocenters. The summed E-state index contributed by atoms with van der Waals surface area (Å²) in [5.41, 5.74) is -0.101. The van der Waals surface area contributed by atoms with Crippen LogP contribution >= 0.6 is 11.8 Å². The van der Waals surface area contributed by atoms with Crippen LogP contribution in [0.4, 0.5) is 6.01 Å². The second-order valence-corrected chi connectivity index (χ2v) is 4.18. The number of hydrogen-bond acceptors (Lipinski definition) is 6. The first-order chi connectivity index (χ1) is 7.74. The van der Waals surface area contributed by atoms with Crippen molar-refractivity contribution in [2.75, 3.05) is 30.0 Å². The second-order valence-electron chi connectivity index (χ2n) is 2.96. The molecule has 3 N–H and O–H groups in total. The van der Waals surface area contributed by atoms with E-state index < -0.39 is 5.97 Å². The van der Waals surface area contributed by atoms with Gasteiger partial charge in [0.1, 0.15) is 6.26 Å². The number of aromatic carboxylic acids is 1. The number of carboxylic acids is 1. The normalized spacial score (nSPS) is 10.3. The first-order valence-corrected chi connectivity index (χ1v) is 6.01. The van der Waals surface area contributed by atoms with Crippen LogP contribution in [0.1, 0.15) is 16.9 Å². The van der Waals surface area contributed by atoms with Crippen molar-refractivity contribution in [3.8, 4) is 0 Å². The van der Waals surface area contributed by atoms with Gasteiger partial charge in [-0.2, -0.15) is 16.7 Å². The molecule has 1 aromatic heterocycles. The number of aliphatic hydroxyl groups excluding tert-OH is 1. The highest BCUT2D eigenvalue weighted by atomic mass is 32.2. The maximum Gasteiger partial charge on any atom is 0.357 e. The van der Waals surface area contributed by atoms with E-state index in [1.807, 2.05) is 0 Å². The van der Waals surface area contributed by atoms with E-state index >= 15 is 0 Å². The Balaban J connectivity index is 2.14. The predicted octanol–water partition coefficient (Wildman–Crippen LogP) is 0.900. The minimum atomic E-state index is -1.10. The van der Waals surface area contributed by atoms with Crippen molar-refractivity contribution < 1.29 is 19.4 Å². The molecule has 90 valence electrons. The van der Waals surface area contributed by atoms with Gasteiger partial charge in [-0.3, -0.25) is 0 Å². The van der Waals surface area contributed by atoms with Crippen molar-refractivity contribution in [1.29, 1.82) is 0 Å². The van der Waals surface area contributed by atoms with Gasteiger partial charge >= 0.3 is 5.97 Å². The fraction of sp³-hybridized carbons (Fsp3) is 0.556. The molecule has 0 bridgehead atoms. The van der Waals surface area contributed by atoms with Crippen molar-refractivity contribution >= 4 is 23.7 Å². The van der Waals surface area contributed by atoms with Crippen LogP contribution in [0.25, 0.3) is 0 Å². The minimum Gasteiger partial charge on any atom is -0.476 e. The number of aliphatic hydroxyl groups is 1. The molecule has 16 heavy (non-hydrogen) atoms. The SMILES string of the molecule is O=C(O)c1coc(NCCSCCCO)n1. The Labute approximate surface area is 97.1 Å². The van der Waals surface area contributed by atoms with Gasteiger partial charge in [0.15, 0.2) is 5.69 Å². The predicted molar refractivity (Wildman–Crippen MR) is 61.0 cm³/mol. The van der Waals surface area contributed by atoms with Gasteiger partial charge in [-0.05, 0) is 12.2 Å². The van der Waals surface area contributed by atoms with Gasteiger partial charge in [-0.15, -0.1) is 0 Å². The first kappa shape index (κ1) is 12.9. The van der Waals surface area contributed by atoms with E-state index in [2.05, 4.69) is 10.3 Å². The lowest BCUT2D eigenvalue weighted by atomic mass is 10.5. The molecule has 0 spiro atoms. The third kappa shape index (κ3) is 4.54. The molecule has 0 saturated heterocycles. The summed E-state index contributed by atoms with van der Waals surface area (Å²) < 4.78 is 4.90. The average Bonchev–Trinajstić information content (AvgIpc) is 2.72. The van der Waals surface area contributed by atoms with Crippen LogP contribution in [0.3, 0.4) is 0 Å². The lowest BCUT2D eigenvalue weighted by Crippen LogP contribution is -2.05. The molecule has 7 heteroatoms. The van der Waals surface area contributed by atoms with Crippen LogP contribution in [0.15, 0.2) is 10.7 Å². The summed E-state index contributed by atoms with van der Waals surface area (Å²) in [5.74, 6) is 0.656. The number of anilines is 1. The summed E-state index contributed by atoms with van der Waals surface area (Å²) in [7, 11) is 0. The molecule has 0 aliphatic rings. The topological polar surface area (TPSA) is 95.6 Å². The van der Waals surface area contributed by atoms with Crippen LogP contribution in [0, 0.1) is 0 Å².